The number of hydrazone groups is 1. The normalized spacial score (nSPS) is 15.9. The van der Waals surface area contributed by atoms with E-state index in [4.69, 9.17) is 10.1 Å². The Morgan fingerprint density at radius 2 is 1.06 bits per heavy atom. The van der Waals surface area contributed by atoms with Crippen molar-refractivity contribution >= 4 is 51.6 Å². The van der Waals surface area contributed by atoms with Gasteiger partial charge >= 0.3 is 0 Å². The second-order valence-corrected chi connectivity index (χ2v) is 13.3. The molecule has 0 N–H and O–H groups in total. The van der Waals surface area contributed by atoms with Crippen LogP contribution in [0.15, 0.2) is 126 Å². The van der Waals surface area contributed by atoms with E-state index in [1.165, 1.54) is 22.6 Å². The molecule has 0 radical (unpaired) electrons. The number of aromatic nitrogens is 1. The lowest BCUT2D eigenvalue weighted by atomic mass is 9.83. The van der Waals surface area contributed by atoms with E-state index < -0.39 is 5.54 Å². The molecule has 0 bridgehead atoms. The molecular formula is C46H54N6. The Morgan fingerprint density at radius 1 is 0.558 bits per heavy atom. The molecule has 268 valence electrons. The Labute approximate surface area is 311 Å². The second kappa shape index (κ2) is 16.8. The number of anilines is 4. The Bertz CT molecular complexity index is 1980. The zero-order valence-corrected chi connectivity index (χ0v) is 31.8. The van der Waals surface area contributed by atoms with Gasteiger partial charge in [-0.3, -0.25) is 0 Å². The topological polar surface area (TPSA) is 38.2 Å². The molecule has 0 amide bonds. The Hall–Kier alpha value is -5.36. The first kappa shape index (κ1) is 36.4. The van der Waals surface area contributed by atoms with Gasteiger partial charge in [0.1, 0.15) is 5.54 Å². The number of benzene rings is 4. The number of rotatable bonds is 15. The maximum atomic E-state index is 5.37. The van der Waals surface area contributed by atoms with Crippen LogP contribution in [0.3, 0.4) is 0 Å². The number of nitrogens with zero attached hydrogens (tertiary/aromatic N) is 6. The Kier molecular flexibility index (Phi) is 11.8. The summed E-state index contributed by atoms with van der Waals surface area (Å²) in [6.45, 7) is 19.1. The Morgan fingerprint density at radius 3 is 1.60 bits per heavy atom. The van der Waals surface area contributed by atoms with Crippen molar-refractivity contribution < 1.29 is 0 Å². The molecule has 5 aromatic rings. The van der Waals surface area contributed by atoms with Crippen LogP contribution in [-0.4, -0.2) is 50.0 Å². The van der Waals surface area contributed by atoms with Crippen molar-refractivity contribution in [2.75, 3.05) is 59.0 Å². The summed E-state index contributed by atoms with van der Waals surface area (Å²) in [6.07, 6.45) is 9.65. The van der Waals surface area contributed by atoms with E-state index >= 15 is 0 Å². The van der Waals surface area contributed by atoms with E-state index in [0.29, 0.717) is 6.42 Å². The summed E-state index contributed by atoms with van der Waals surface area (Å²) < 4.78 is 0. The molecule has 1 atom stereocenters. The molecule has 0 saturated heterocycles. The molecule has 6 heteroatoms. The fourth-order valence-corrected chi connectivity index (χ4v) is 7.32. The van der Waals surface area contributed by atoms with Gasteiger partial charge in [-0.15, -0.1) is 0 Å². The number of pyridine rings is 1. The predicted molar refractivity (Wildman–Crippen MR) is 226 cm³/mol. The monoisotopic (exact) mass is 690 g/mol. The number of hydrogen-bond donors (Lipinski definition) is 0. The van der Waals surface area contributed by atoms with Gasteiger partial charge in [-0.25, -0.2) is 9.99 Å². The first-order chi connectivity index (χ1) is 25.4. The van der Waals surface area contributed by atoms with Gasteiger partial charge in [0.25, 0.3) is 0 Å². The summed E-state index contributed by atoms with van der Waals surface area (Å²) in [5.41, 5.74) is 8.53. The van der Waals surface area contributed by atoms with E-state index in [1.54, 1.807) is 0 Å². The highest BCUT2D eigenvalue weighted by Crippen LogP contribution is 2.43. The van der Waals surface area contributed by atoms with E-state index in [9.17, 15) is 0 Å². The molecule has 0 saturated carbocycles. The highest BCUT2D eigenvalue weighted by molar-refractivity contribution is 6.02. The van der Waals surface area contributed by atoms with Crippen LogP contribution < -0.4 is 19.7 Å². The zero-order valence-electron chi connectivity index (χ0n) is 31.8. The highest BCUT2D eigenvalue weighted by atomic mass is 15.5. The van der Waals surface area contributed by atoms with Gasteiger partial charge in [-0.1, -0.05) is 72.8 Å². The molecular weight excluding hydrogens is 637 g/mol. The van der Waals surface area contributed by atoms with E-state index in [2.05, 4.69) is 189 Å². The molecule has 52 heavy (non-hydrogen) atoms. The van der Waals surface area contributed by atoms with Crippen molar-refractivity contribution in [3.63, 3.8) is 0 Å². The van der Waals surface area contributed by atoms with Gasteiger partial charge in [-0.05, 0) is 119 Å². The minimum atomic E-state index is -0.610. The van der Waals surface area contributed by atoms with Crippen LogP contribution in [0, 0.1) is 0 Å². The van der Waals surface area contributed by atoms with Crippen molar-refractivity contribution in [1.29, 1.82) is 0 Å². The molecule has 1 unspecified atom stereocenters. The lowest BCUT2D eigenvalue weighted by Crippen LogP contribution is -2.39. The fourth-order valence-electron chi connectivity index (χ4n) is 7.32. The Balaban J connectivity index is 1.45. The largest absolute Gasteiger partial charge is 0.372 e. The number of para-hydroxylation sites is 1. The van der Waals surface area contributed by atoms with Crippen LogP contribution in [0.2, 0.25) is 0 Å². The van der Waals surface area contributed by atoms with Crippen LogP contribution in [-0.2, 0) is 5.54 Å². The minimum absolute atomic E-state index is 0.610. The minimum Gasteiger partial charge on any atom is -0.372 e. The molecule has 1 aliphatic heterocycles. The summed E-state index contributed by atoms with van der Waals surface area (Å²) in [5.74, 6) is 0.819. The standard InChI is InChI=1S/C46H54N6/c1-7-49(8-2)41-26-18-36(19-27-41)17-25-40-35-46(39-23-30-43(31-24-39)51(11-5)12-6,34-33-37-20-28-42(29-21-37)50(9-3)10-4)52(48-40)45-32-22-38-15-13-14-16-44(38)47-45/h13-34H,7-12,35H2,1-6H3. The van der Waals surface area contributed by atoms with E-state index in [1.807, 2.05) is 6.07 Å². The molecule has 6 rings (SSSR count). The number of allylic oxidation sites excluding steroid dienone is 1. The summed E-state index contributed by atoms with van der Waals surface area (Å²) in [7, 11) is 0. The van der Waals surface area contributed by atoms with Gasteiger partial charge in [0, 0.05) is 68.1 Å². The summed E-state index contributed by atoms with van der Waals surface area (Å²) in [6, 6.07) is 39.4. The summed E-state index contributed by atoms with van der Waals surface area (Å²) in [4.78, 5) is 12.3. The number of fused-ring (bicyclic) bond motifs is 1. The molecule has 0 fully saturated rings. The van der Waals surface area contributed by atoms with Crippen molar-refractivity contribution in [1.82, 2.24) is 4.98 Å². The lowest BCUT2D eigenvalue weighted by Gasteiger charge is -2.35. The molecule has 0 aliphatic carbocycles. The first-order valence-corrected chi connectivity index (χ1v) is 19.1. The van der Waals surface area contributed by atoms with E-state index in [-0.39, 0.29) is 0 Å². The van der Waals surface area contributed by atoms with Crippen LogP contribution >= 0.6 is 0 Å². The van der Waals surface area contributed by atoms with Gasteiger partial charge in [0.05, 0.1) is 11.2 Å². The SMILES string of the molecule is CCN(CC)c1ccc(C=CC2=NN(c3ccc4ccccc4n3)C(C=Cc3ccc(N(CC)CC)cc3)(c3ccc(N(CC)CC)cc3)C2)cc1. The molecule has 1 aliphatic rings. The number of hydrogen-bond acceptors (Lipinski definition) is 6. The second-order valence-electron chi connectivity index (χ2n) is 13.3. The average molecular weight is 691 g/mol. The van der Waals surface area contributed by atoms with Gasteiger partial charge in [0.15, 0.2) is 5.82 Å². The van der Waals surface area contributed by atoms with Gasteiger partial charge in [-0.2, -0.15) is 5.10 Å². The maximum Gasteiger partial charge on any atom is 0.150 e. The van der Waals surface area contributed by atoms with Crippen LogP contribution in [0.5, 0.6) is 0 Å². The summed E-state index contributed by atoms with van der Waals surface area (Å²) >= 11 is 0. The third-order valence-corrected chi connectivity index (χ3v) is 10.4. The molecule has 4 aromatic carbocycles. The lowest BCUT2D eigenvalue weighted by molar-refractivity contribution is 0.553. The van der Waals surface area contributed by atoms with Crippen molar-refractivity contribution in [3.05, 3.63) is 138 Å². The third-order valence-electron chi connectivity index (χ3n) is 10.4. The smallest absolute Gasteiger partial charge is 0.150 e. The van der Waals surface area contributed by atoms with Crippen molar-refractivity contribution in [3.8, 4) is 0 Å². The van der Waals surface area contributed by atoms with E-state index in [0.717, 1.165) is 72.8 Å². The van der Waals surface area contributed by atoms with Crippen molar-refractivity contribution in [2.24, 2.45) is 5.10 Å². The molecule has 0 spiro atoms. The predicted octanol–water partition coefficient (Wildman–Crippen LogP) is 10.7. The molecule has 2 heterocycles. The van der Waals surface area contributed by atoms with Crippen LogP contribution in [0.1, 0.15) is 64.7 Å². The maximum absolute atomic E-state index is 5.37. The van der Waals surface area contributed by atoms with Gasteiger partial charge < -0.3 is 14.7 Å². The average Bonchev–Trinajstić information content (AvgIpc) is 3.58. The molecule has 1 aromatic heterocycles. The third kappa shape index (κ3) is 7.76. The summed E-state index contributed by atoms with van der Waals surface area (Å²) in [5, 5.41) is 8.63. The van der Waals surface area contributed by atoms with Crippen LogP contribution in [0.25, 0.3) is 23.1 Å². The van der Waals surface area contributed by atoms with Crippen LogP contribution in [0.4, 0.5) is 22.9 Å². The van der Waals surface area contributed by atoms with Gasteiger partial charge in [0.2, 0.25) is 0 Å². The highest BCUT2D eigenvalue weighted by Gasteiger charge is 2.43. The first-order valence-electron chi connectivity index (χ1n) is 19.1. The van der Waals surface area contributed by atoms with Crippen molar-refractivity contribution in [2.45, 2.75) is 53.5 Å². The fraction of sp³-hybridized carbons (Fsp3) is 0.304. The zero-order chi connectivity index (χ0) is 36.5. The molecule has 6 nitrogen and oxygen atoms in total. The quantitative estimate of drug-likeness (QED) is 0.109.